The van der Waals surface area contributed by atoms with Crippen molar-refractivity contribution in [1.29, 1.82) is 0 Å². The normalized spacial score (nSPS) is 13.9. The maximum Gasteiger partial charge on any atom is 0.358 e. The molecule has 0 atom stereocenters. The first kappa shape index (κ1) is 18.0. The van der Waals surface area contributed by atoms with Gasteiger partial charge in [0, 0.05) is 17.5 Å². The molecule has 0 bridgehead atoms. The van der Waals surface area contributed by atoms with E-state index in [-0.39, 0.29) is 21.2 Å². The fourth-order valence-corrected chi connectivity index (χ4v) is 7.11. The molecule has 2 nitrogen and oxygen atoms in total. The maximum atomic E-state index is 6.18. The van der Waals surface area contributed by atoms with Crippen LogP contribution in [0.1, 0.15) is 11.1 Å². The number of rotatable bonds is 4. The third-order valence-electron chi connectivity index (χ3n) is 3.47. The first-order chi connectivity index (χ1) is 11.1. The highest BCUT2D eigenvalue weighted by Crippen LogP contribution is 2.24. The topological polar surface area (TPSA) is 18.5 Å². The number of fused-ring (bicyclic) bond motifs is 2. The molecular formula is C19H26IO2Si2+. The van der Waals surface area contributed by atoms with E-state index in [9.17, 15) is 0 Å². The first-order valence-electron chi connectivity index (χ1n) is 8.38. The van der Waals surface area contributed by atoms with Crippen molar-refractivity contribution in [2.24, 2.45) is 0 Å². The van der Waals surface area contributed by atoms with Gasteiger partial charge in [-0.15, -0.1) is 0 Å². The summed E-state index contributed by atoms with van der Waals surface area (Å²) in [5.74, 6) is 2.07. The van der Waals surface area contributed by atoms with Crippen LogP contribution in [0.5, 0.6) is 11.5 Å². The van der Waals surface area contributed by atoms with Crippen LogP contribution >= 0.6 is 0 Å². The van der Waals surface area contributed by atoms with E-state index in [0.29, 0.717) is 0 Å². The lowest BCUT2D eigenvalue weighted by atomic mass is 10.0. The smallest absolute Gasteiger partial charge is 0.358 e. The lowest BCUT2D eigenvalue weighted by Crippen LogP contribution is -3.62. The zero-order chi connectivity index (χ0) is 17.5. The Morgan fingerprint density at radius 2 is 1.12 bits per heavy atom. The molecule has 2 aromatic carbocycles. The van der Waals surface area contributed by atoms with Gasteiger partial charge in [-0.05, 0) is 75.7 Å². The zero-order valence-electron chi connectivity index (χ0n) is 15.4. The van der Waals surface area contributed by atoms with Gasteiger partial charge in [0.2, 0.25) is 16.6 Å². The van der Waals surface area contributed by atoms with Crippen molar-refractivity contribution in [1.82, 2.24) is 0 Å². The molecule has 24 heavy (non-hydrogen) atoms. The van der Waals surface area contributed by atoms with E-state index in [1.807, 2.05) is 0 Å². The minimum atomic E-state index is -1.56. The van der Waals surface area contributed by atoms with Crippen molar-refractivity contribution < 1.29 is 30.1 Å². The molecule has 5 heteroatoms. The Bertz CT molecular complexity index is 697. The summed E-state index contributed by atoms with van der Waals surface area (Å²) in [6.07, 6.45) is 0.996. The summed E-state index contributed by atoms with van der Waals surface area (Å²) in [5, 5.41) is 0. The Balaban J connectivity index is 1.86. The second-order valence-electron chi connectivity index (χ2n) is 8.21. The number of hydrogen-bond donors (Lipinski definition) is 0. The first-order valence-corrected chi connectivity index (χ1v) is 17.4. The lowest BCUT2D eigenvalue weighted by molar-refractivity contribution is -0.601. The summed E-state index contributed by atoms with van der Waals surface area (Å²) in [6, 6.07) is 13.4. The monoisotopic (exact) mass is 469 g/mol. The van der Waals surface area contributed by atoms with Crippen LogP contribution in [0.25, 0.3) is 0 Å². The van der Waals surface area contributed by atoms with Crippen LogP contribution in [0.4, 0.5) is 0 Å². The van der Waals surface area contributed by atoms with Crippen molar-refractivity contribution in [3.8, 4) is 11.5 Å². The van der Waals surface area contributed by atoms with Crippen LogP contribution in [0.15, 0.2) is 36.4 Å². The van der Waals surface area contributed by atoms with Crippen molar-refractivity contribution in [2.75, 3.05) is 0 Å². The Morgan fingerprint density at radius 3 is 1.50 bits per heavy atom. The summed E-state index contributed by atoms with van der Waals surface area (Å²) in [4.78, 5) is 0. The molecule has 0 aromatic heterocycles. The average Bonchev–Trinajstić information content (AvgIpc) is 2.41. The molecule has 1 aliphatic rings. The third kappa shape index (κ3) is 4.64. The molecule has 0 unspecified atom stereocenters. The molecule has 2 aromatic rings. The van der Waals surface area contributed by atoms with E-state index in [4.69, 9.17) is 8.85 Å². The van der Waals surface area contributed by atoms with Crippen LogP contribution in [0.3, 0.4) is 0 Å². The van der Waals surface area contributed by atoms with E-state index in [0.717, 1.165) is 17.9 Å². The summed E-state index contributed by atoms with van der Waals surface area (Å²) in [5.41, 5.74) is 2.88. The van der Waals surface area contributed by atoms with Gasteiger partial charge in [0.25, 0.3) is 0 Å². The van der Waals surface area contributed by atoms with Gasteiger partial charge in [0.1, 0.15) is 11.5 Å². The Hall–Kier alpha value is -0.796. The Morgan fingerprint density at radius 1 is 0.708 bits per heavy atom. The Labute approximate surface area is 158 Å². The highest BCUT2D eigenvalue weighted by atomic mass is 127. The molecule has 0 amide bonds. The predicted octanol–water partition coefficient (Wildman–Crippen LogP) is 2.15. The van der Waals surface area contributed by atoms with E-state index in [1.165, 1.54) is 18.3 Å². The average molecular weight is 469 g/mol. The number of hydrogen-bond acceptors (Lipinski definition) is 2. The second kappa shape index (κ2) is 6.50. The predicted molar refractivity (Wildman–Crippen MR) is 101 cm³/mol. The number of halogens is 1. The summed E-state index contributed by atoms with van der Waals surface area (Å²) >= 11 is -0.107. The molecule has 0 saturated carbocycles. The molecule has 0 N–H and O–H groups in total. The summed E-state index contributed by atoms with van der Waals surface area (Å²) in [7, 11) is -3.11. The molecule has 0 saturated heterocycles. The van der Waals surface area contributed by atoms with Crippen LogP contribution < -0.4 is 30.1 Å². The lowest BCUT2D eigenvalue weighted by Gasteiger charge is -2.21. The highest BCUT2D eigenvalue weighted by molar-refractivity contribution is 6.70. The van der Waals surface area contributed by atoms with E-state index in [1.54, 1.807) is 0 Å². The van der Waals surface area contributed by atoms with Gasteiger partial charge in [-0.25, -0.2) is 0 Å². The largest absolute Gasteiger partial charge is 0.544 e. The van der Waals surface area contributed by atoms with Crippen molar-refractivity contribution in [3.63, 3.8) is 0 Å². The molecule has 0 aliphatic carbocycles. The van der Waals surface area contributed by atoms with Crippen molar-refractivity contribution >= 4 is 16.6 Å². The molecule has 0 fully saturated rings. The van der Waals surface area contributed by atoms with E-state index in [2.05, 4.69) is 75.7 Å². The zero-order valence-corrected chi connectivity index (χ0v) is 19.5. The molecule has 128 valence electrons. The van der Waals surface area contributed by atoms with Crippen molar-refractivity contribution in [2.45, 2.75) is 45.7 Å². The summed E-state index contributed by atoms with van der Waals surface area (Å²) < 4.78 is 15.4. The van der Waals surface area contributed by atoms with Crippen LogP contribution in [-0.4, -0.2) is 16.6 Å². The van der Waals surface area contributed by atoms with Crippen molar-refractivity contribution in [3.05, 3.63) is 54.7 Å². The van der Waals surface area contributed by atoms with Gasteiger partial charge < -0.3 is 8.85 Å². The van der Waals surface area contributed by atoms with Gasteiger partial charge in [0.15, 0.2) is 7.14 Å². The molecule has 1 aliphatic heterocycles. The minimum Gasteiger partial charge on any atom is -0.544 e. The molecule has 1 heterocycles. The highest BCUT2D eigenvalue weighted by Gasteiger charge is 2.31. The minimum absolute atomic E-state index is 0.107. The molecule has 3 rings (SSSR count). The van der Waals surface area contributed by atoms with Gasteiger partial charge in [-0.1, -0.05) is 0 Å². The van der Waals surface area contributed by atoms with E-state index < -0.39 is 16.6 Å². The van der Waals surface area contributed by atoms with Gasteiger partial charge in [-0.2, -0.15) is 0 Å². The quantitative estimate of drug-likeness (QED) is 0.431. The standard InChI is InChI=1S/C19H26IO2Si2/c1-23(2,3)21-16-7-9-18-14(12-16)11-15-13-17(22-24(4,5)6)8-10-19(15)20-18/h7-10,12-13H,11H2,1-6H3/q+1. The fourth-order valence-electron chi connectivity index (χ4n) is 2.71. The van der Waals surface area contributed by atoms with Gasteiger partial charge >= 0.3 is 21.2 Å². The Kier molecular flexibility index (Phi) is 4.87. The van der Waals surface area contributed by atoms with Gasteiger partial charge in [-0.3, -0.25) is 0 Å². The number of benzene rings is 2. The second-order valence-corrected chi connectivity index (χ2v) is 19.9. The molecule has 0 radical (unpaired) electrons. The van der Waals surface area contributed by atoms with E-state index >= 15 is 0 Å². The van der Waals surface area contributed by atoms with Gasteiger partial charge in [0.05, 0.1) is 0 Å². The SMILES string of the molecule is C[Si](C)(C)Oc1ccc2c(c1)Cc1cc(O[Si](C)(C)C)ccc1[I+]2. The molecule has 0 spiro atoms. The fraction of sp³-hybridized carbons (Fsp3) is 0.368. The van der Waals surface area contributed by atoms with Crippen LogP contribution in [0, 0.1) is 7.14 Å². The molecular weight excluding hydrogens is 443 g/mol. The summed E-state index contributed by atoms with van der Waals surface area (Å²) in [6.45, 7) is 13.4. The maximum absolute atomic E-state index is 6.18. The van der Waals surface area contributed by atoms with Crippen LogP contribution in [-0.2, 0) is 6.42 Å². The third-order valence-corrected chi connectivity index (χ3v) is 8.43. The van der Waals surface area contributed by atoms with Crippen LogP contribution in [0.2, 0.25) is 39.3 Å².